The van der Waals surface area contributed by atoms with Gasteiger partial charge in [0.25, 0.3) is 11.7 Å². The molecule has 42 heavy (non-hydrogen) atoms. The molecule has 9 nitrogen and oxygen atoms in total. The van der Waals surface area contributed by atoms with E-state index < -0.39 is 17.7 Å². The molecule has 0 saturated carbocycles. The summed E-state index contributed by atoms with van der Waals surface area (Å²) in [6, 6.07) is 21.5. The van der Waals surface area contributed by atoms with Gasteiger partial charge in [0.1, 0.15) is 31.3 Å². The fourth-order valence-corrected chi connectivity index (χ4v) is 5.58. The molecule has 3 aromatic rings. The lowest BCUT2D eigenvalue weighted by molar-refractivity contribution is -0.140. The van der Waals surface area contributed by atoms with Gasteiger partial charge in [-0.3, -0.25) is 14.5 Å². The molecule has 9 heteroatoms. The average molecular weight is 571 g/mol. The van der Waals surface area contributed by atoms with E-state index in [1.807, 2.05) is 54.6 Å². The number of carbonyl (C=O) groups is 2. The molecule has 1 atom stereocenters. The Balaban J connectivity index is 1.29. The molecule has 1 unspecified atom stereocenters. The Morgan fingerprint density at radius 1 is 0.857 bits per heavy atom. The van der Waals surface area contributed by atoms with Crippen molar-refractivity contribution in [3.63, 3.8) is 0 Å². The van der Waals surface area contributed by atoms with Crippen LogP contribution in [0.1, 0.15) is 29.2 Å². The van der Waals surface area contributed by atoms with Gasteiger partial charge in [0.15, 0.2) is 11.5 Å². The molecule has 0 bridgehead atoms. The van der Waals surface area contributed by atoms with Gasteiger partial charge >= 0.3 is 0 Å². The van der Waals surface area contributed by atoms with Crippen LogP contribution in [0.2, 0.25) is 0 Å². The Hall–Kier alpha value is -4.34. The second-order valence-corrected chi connectivity index (χ2v) is 10.5. The largest absolute Gasteiger partial charge is 0.507 e. The van der Waals surface area contributed by atoms with Gasteiger partial charge in [-0.25, -0.2) is 0 Å². The van der Waals surface area contributed by atoms with Crippen LogP contribution in [0.15, 0.2) is 78.4 Å². The Morgan fingerprint density at radius 2 is 1.60 bits per heavy atom. The van der Waals surface area contributed by atoms with Crippen molar-refractivity contribution in [2.75, 3.05) is 52.6 Å². The van der Waals surface area contributed by atoms with Crippen LogP contribution in [-0.4, -0.2) is 79.2 Å². The third-order valence-electron chi connectivity index (χ3n) is 7.78. The number of ketones is 1. The van der Waals surface area contributed by atoms with Crippen LogP contribution in [-0.2, 0) is 20.9 Å². The first-order chi connectivity index (χ1) is 20.6. The van der Waals surface area contributed by atoms with Crippen molar-refractivity contribution in [2.24, 2.45) is 0 Å². The monoisotopic (exact) mass is 570 g/mol. The van der Waals surface area contributed by atoms with E-state index >= 15 is 0 Å². The van der Waals surface area contributed by atoms with E-state index in [9.17, 15) is 14.7 Å². The fraction of sp³-hybridized carbons (Fsp3) is 0.333. The summed E-state index contributed by atoms with van der Waals surface area (Å²) in [5.41, 5.74) is 2.21. The van der Waals surface area contributed by atoms with E-state index in [0.29, 0.717) is 74.4 Å². The number of rotatable bonds is 9. The lowest BCUT2D eigenvalue weighted by atomic mass is 9.95. The second-order valence-electron chi connectivity index (χ2n) is 10.5. The Morgan fingerprint density at radius 3 is 2.36 bits per heavy atom. The highest BCUT2D eigenvalue weighted by Crippen LogP contribution is 2.41. The van der Waals surface area contributed by atoms with Gasteiger partial charge in [0, 0.05) is 31.7 Å². The smallest absolute Gasteiger partial charge is 0.295 e. The third kappa shape index (κ3) is 5.98. The summed E-state index contributed by atoms with van der Waals surface area (Å²) in [6.45, 7) is 5.49. The molecule has 0 radical (unpaired) electrons. The molecule has 3 aliphatic rings. The van der Waals surface area contributed by atoms with Gasteiger partial charge in [-0.1, -0.05) is 42.5 Å². The number of fused-ring (bicyclic) bond motifs is 1. The molecule has 0 spiro atoms. The van der Waals surface area contributed by atoms with E-state index in [0.717, 1.165) is 25.2 Å². The minimum atomic E-state index is -0.744. The zero-order valence-electron chi connectivity index (χ0n) is 23.4. The number of aliphatic hydroxyl groups excluding tert-OH is 1. The van der Waals surface area contributed by atoms with Crippen molar-refractivity contribution in [1.82, 2.24) is 9.80 Å². The maximum Gasteiger partial charge on any atom is 0.295 e. The third-order valence-corrected chi connectivity index (χ3v) is 7.78. The van der Waals surface area contributed by atoms with E-state index in [1.165, 1.54) is 0 Å². The normalized spacial score (nSPS) is 20.1. The molecule has 218 valence electrons. The Kier molecular flexibility index (Phi) is 8.39. The second kappa shape index (κ2) is 12.7. The maximum absolute atomic E-state index is 13.5. The number of hydrogen-bond donors (Lipinski definition) is 1. The number of benzene rings is 3. The summed E-state index contributed by atoms with van der Waals surface area (Å²) in [6.07, 6.45) is 0.686. The minimum Gasteiger partial charge on any atom is -0.507 e. The summed E-state index contributed by atoms with van der Waals surface area (Å²) in [5, 5.41) is 11.5. The summed E-state index contributed by atoms with van der Waals surface area (Å²) in [7, 11) is 0. The first-order valence-electron chi connectivity index (χ1n) is 14.3. The molecule has 3 aromatic carbocycles. The van der Waals surface area contributed by atoms with Gasteiger partial charge in [-0.15, -0.1) is 0 Å². The summed E-state index contributed by atoms with van der Waals surface area (Å²) >= 11 is 0. The average Bonchev–Trinajstić information content (AvgIpc) is 3.29. The molecule has 2 fully saturated rings. The van der Waals surface area contributed by atoms with Crippen molar-refractivity contribution in [1.29, 1.82) is 0 Å². The topological polar surface area (TPSA) is 97.8 Å². The zero-order valence-corrected chi connectivity index (χ0v) is 23.4. The van der Waals surface area contributed by atoms with Crippen molar-refractivity contribution < 1.29 is 33.6 Å². The lowest BCUT2D eigenvalue weighted by Crippen LogP contribution is -2.38. The van der Waals surface area contributed by atoms with E-state index in [4.69, 9.17) is 18.9 Å². The number of hydrogen-bond acceptors (Lipinski definition) is 8. The Bertz CT molecular complexity index is 1450. The van der Waals surface area contributed by atoms with Crippen LogP contribution in [0.3, 0.4) is 0 Å². The minimum absolute atomic E-state index is 0.0565. The molecule has 6 rings (SSSR count). The van der Waals surface area contributed by atoms with Gasteiger partial charge in [-0.05, 0) is 47.9 Å². The van der Waals surface area contributed by atoms with E-state index in [2.05, 4.69) is 4.90 Å². The standard InChI is InChI=1S/C33H34N2O7/c36-31(25-9-12-27-28(21-25)41-20-19-40-27)29-30(24-7-10-26(11-8-24)42-22-23-5-2-1-3-6-23)35(33(38)32(29)37)14-4-13-34-15-17-39-18-16-34/h1-3,5-12,21,30,36H,4,13-20,22H2/b31-29+. The molecule has 1 amide bonds. The van der Waals surface area contributed by atoms with Crippen molar-refractivity contribution in [3.8, 4) is 17.2 Å². The molecule has 3 aliphatic heterocycles. The van der Waals surface area contributed by atoms with Crippen LogP contribution in [0.25, 0.3) is 5.76 Å². The van der Waals surface area contributed by atoms with Gasteiger partial charge < -0.3 is 29.0 Å². The van der Waals surface area contributed by atoms with Crippen molar-refractivity contribution in [2.45, 2.75) is 19.1 Å². The van der Waals surface area contributed by atoms with Crippen LogP contribution in [0.4, 0.5) is 0 Å². The Labute approximate surface area is 244 Å². The van der Waals surface area contributed by atoms with Gasteiger partial charge in [0.2, 0.25) is 0 Å². The molecule has 2 saturated heterocycles. The molecule has 0 aliphatic carbocycles. The SMILES string of the molecule is O=C1C(=O)N(CCCN2CCOCC2)C(c2ccc(OCc3ccccc3)cc2)/C1=C(\O)c1ccc2c(c1)OCCO2. The van der Waals surface area contributed by atoms with Crippen molar-refractivity contribution >= 4 is 17.4 Å². The summed E-state index contributed by atoms with van der Waals surface area (Å²) < 4.78 is 22.7. The number of likely N-dealkylation sites (tertiary alicyclic amines) is 1. The van der Waals surface area contributed by atoms with Crippen LogP contribution < -0.4 is 14.2 Å². The van der Waals surface area contributed by atoms with Crippen LogP contribution >= 0.6 is 0 Å². The van der Waals surface area contributed by atoms with Crippen LogP contribution in [0.5, 0.6) is 17.2 Å². The van der Waals surface area contributed by atoms with E-state index in [-0.39, 0.29) is 11.3 Å². The molecule has 1 N–H and O–H groups in total. The number of ether oxygens (including phenoxy) is 4. The maximum atomic E-state index is 13.5. The number of carbonyl (C=O) groups excluding carboxylic acids is 2. The number of amides is 1. The number of morpholine rings is 1. The fourth-order valence-electron chi connectivity index (χ4n) is 5.58. The highest BCUT2D eigenvalue weighted by molar-refractivity contribution is 6.46. The quantitative estimate of drug-likeness (QED) is 0.233. The highest BCUT2D eigenvalue weighted by Gasteiger charge is 2.46. The molecular formula is C33H34N2O7. The first-order valence-corrected chi connectivity index (χ1v) is 14.3. The predicted molar refractivity (Wildman–Crippen MR) is 156 cm³/mol. The highest BCUT2D eigenvalue weighted by atomic mass is 16.6. The predicted octanol–water partition coefficient (Wildman–Crippen LogP) is 4.18. The van der Waals surface area contributed by atoms with E-state index in [1.54, 1.807) is 23.1 Å². The van der Waals surface area contributed by atoms with Gasteiger partial charge in [0.05, 0.1) is 24.8 Å². The molecule has 0 aromatic heterocycles. The zero-order chi connectivity index (χ0) is 28.9. The number of Topliss-reactive ketones (excluding diaryl/α,β-unsaturated/α-hetero) is 1. The summed E-state index contributed by atoms with van der Waals surface area (Å²) in [5.74, 6) is 0.160. The molecule has 3 heterocycles. The number of aliphatic hydroxyl groups is 1. The van der Waals surface area contributed by atoms with Crippen molar-refractivity contribution in [3.05, 3.63) is 95.1 Å². The lowest BCUT2D eigenvalue weighted by Gasteiger charge is -2.29. The van der Waals surface area contributed by atoms with Crippen LogP contribution in [0, 0.1) is 0 Å². The first kappa shape index (κ1) is 27.8. The number of nitrogens with zero attached hydrogens (tertiary/aromatic N) is 2. The summed E-state index contributed by atoms with van der Waals surface area (Å²) in [4.78, 5) is 30.8. The van der Waals surface area contributed by atoms with Gasteiger partial charge in [-0.2, -0.15) is 0 Å². The molecular weight excluding hydrogens is 536 g/mol.